The Hall–Kier alpha value is -2.10. The van der Waals surface area contributed by atoms with Crippen LogP contribution in [0.3, 0.4) is 0 Å². The van der Waals surface area contributed by atoms with Gasteiger partial charge in [0.05, 0.1) is 11.0 Å². The van der Waals surface area contributed by atoms with E-state index in [1.54, 1.807) is 6.08 Å². The molecule has 2 aromatic rings. The highest BCUT2D eigenvalue weighted by Gasteiger charge is 2.10. The number of aromatic nitrogens is 2. The van der Waals surface area contributed by atoms with Crippen molar-refractivity contribution in [2.24, 2.45) is 7.05 Å². The van der Waals surface area contributed by atoms with Crippen molar-refractivity contribution in [1.82, 2.24) is 9.55 Å². The smallest absolute Gasteiger partial charge is 0.328 e. The molecular formula is C14H16N2O2. The van der Waals surface area contributed by atoms with Gasteiger partial charge in [-0.3, -0.25) is 0 Å². The Morgan fingerprint density at radius 1 is 1.44 bits per heavy atom. The summed E-state index contributed by atoms with van der Waals surface area (Å²) in [6.07, 6.45) is 2.71. The van der Waals surface area contributed by atoms with Crippen molar-refractivity contribution in [1.29, 1.82) is 0 Å². The van der Waals surface area contributed by atoms with Crippen LogP contribution in [0.4, 0.5) is 0 Å². The number of rotatable bonds is 3. The fraction of sp³-hybridized carbons (Fsp3) is 0.286. The maximum Gasteiger partial charge on any atom is 0.328 e. The summed E-state index contributed by atoms with van der Waals surface area (Å²) in [5.41, 5.74) is 2.80. The molecule has 1 N–H and O–H groups in total. The third kappa shape index (κ3) is 2.27. The lowest BCUT2D eigenvalue weighted by molar-refractivity contribution is -0.131. The van der Waals surface area contributed by atoms with Gasteiger partial charge in [-0.2, -0.15) is 0 Å². The molecule has 0 aliphatic heterocycles. The molecule has 0 unspecified atom stereocenters. The summed E-state index contributed by atoms with van der Waals surface area (Å²) in [5.74, 6) is 0.448. The van der Waals surface area contributed by atoms with Gasteiger partial charge in [-0.05, 0) is 23.8 Å². The second kappa shape index (κ2) is 4.64. The fourth-order valence-corrected chi connectivity index (χ4v) is 2.02. The van der Waals surface area contributed by atoms with E-state index in [1.165, 1.54) is 0 Å². The molecule has 0 atom stereocenters. The van der Waals surface area contributed by atoms with Gasteiger partial charge in [-0.1, -0.05) is 19.9 Å². The minimum absolute atomic E-state index is 0.361. The molecular weight excluding hydrogens is 228 g/mol. The van der Waals surface area contributed by atoms with Crippen molar-refractivity contribution >= 4 is 23.1 Å². The molecule has 0 spiro atoms. The molecule has 1 heterocycles. The molecule has 18 heavy (non-hydrogen) atoms. The average molecular weight is 244 g/mol. The number of fused-ring (bicyclic) bond motifs is 1. The minimum Gasteiger partial charge on any atom is -0.478 e. The first-order valence-corrected chi connectivity index (χ1v) is 5.86. The number of nitrogens with zero attached hydrogens (tertiary/aromatic N) is 2. The normalized spacial score (nSPS) is 11.8. The van der Waals surface area contributed by atoms with Crippen molar-refractivity contribution in [2.75, 3.05) is 0 Å². The van der Waals surface area contributed by atoms with Crippen LogP contribution in [0.2, 0.25) is 0 Å². The number of aryl methyl sites for hydroxylation is 1. The van der Waals surface area contributed by atoms with E-state index in [0.29, 0.717) is 5.92 Å². The van der Waals surface area contributed by atoms with Crippen molar-refractivity contribution in [3.05, 3.63) is 35.7 Å². The van der Waals surface area contributed by atoms with Gasteiger partial charge in [-0.15, -0.1) is 0 Å². The Morgan fingerprint density at radius 3 is 2.78 bits per heavy atom. The zero-order valence-electron chi connectivity index (χ0n) is 10.7. The second-order valence-electron chi connectivity index (χ2n) is 4.60. The summed E-state index contributed by atoms with van der Waals surface area (Å²) in [4.78, 5) is 15.1. The number of benzene rings is 1. The largest absolute Gasteiger partial charge is 0.478 e. The average Bonchev–Trinajstić information content (AvgIpc) is 2.64. The van der Waals surface area contributed by atoms with Gasteiger partial charge in [0.2, 0.25) is 0 Å². The first-order chi connectivity index (χ1) is 8.49. The number of hydrogen-bond acceptors (Lipinski definition) is 2. The highest BCUT2D eigenvalue weighted by molar-refractivity contribution is 5.87. The molecule has 0 aliphatic rings. The lowest BCUT2D eigenvalue weighted by Crippen LogP contribution is -1.99. The molecule has 4 nitrogen and oxygen atoms in total. The molecule has 4 heteroatoms. The van der Waals surface area contributed by atoms with Crippen molar-refractivity contribution in [3.63, 3.8) is 0 Å². The van der Waals surface area contributed by atoms with Crippen LogP contribution in [0, 0.1) is 0 Å². The SMILES string of the molecule is CC(C)c1nc2cc(/C=C/C(=O)O)ccc2n1C. The molecule has 1 aromatic heterocycles. The maximum absolute atomic E-state index is 10.5. The summed E-state index contributed by atoms with van der Waals surface area (Å²) in [7, 11) is 2.00. The van der Waals surface area contributed by atoms with E-state index in [9.17, 15) is 4.79 Å². The summed E-state index contributed by atoms with van der Waals surface area (Å²) in [5, 5.41) is 8.60. The van der Waals surface area contributed by atoms with E-state index in [4.69, 9.17) is 5.11 Å². The van der Waals surface area contributed by atoms with Crippen LogP contribution in [0.25, 0.3) is 17.1 Å². The maximum atomic E-state index is 10.5. The van der Waals surface area contributed by atoms with Crippen molar-refractivity contribution in [2.45, 2.75) is 19.8 Å². The molecule has 0 aliphatic carbocycles. The Kier molecular flexibility index (Phi) is 3.19. The molecule has 0 radical (unpaired) electrons. The van der Waals surface area contributed by atoms with Crippen LogP contribution in [0.15, 0.2) is 24.3 Å². The van der Waals surface area contributed by atoms with Gasteiger partial charge in [0.1, 0.15) is 5.82 Å². The summed E-state index contributed by atoms with van der Waals surface area (Å²) >= 11 is 0. The second-order valence-corrected chi connectivity index (χ2v) is 4.60. The molecule has 1 aromatic carbocycles. The van der Waals surface area contributed by atoms with E-state index in [2.05, 4.69) is 23.4 Å². The van der Waals surface area contributed by atoms with Crippen molar-refractivity contribution in [3.8, 4) is 0 Å². The van der Waals surface area contributed by atoms with E-state index in [-0.39, 0.29) is 0 Å². The van der Waals surface area contributed by atoms with Crippen LogP contribution in [-0.4, -0.2) is 20.6 Å². The van der Waals surface area contributed by atoms with Crippen LogP contribution >= 0.6 is 0 Å². The number of carboxylic acid groups (broad SMARTS) is 1. The van der Waals surface area contributed by atoms with Gasteiger partial charge < -0.3 is 9.67 Å². The van der Waals surface area contributed by atoms with Crippen LogP contribution < -0.4 is 0 Å². The van der Waals surface area contributed by atoms with Crippen LogP contribution in [-0.2, 0) is 11.8 Å². The van der Waals surface area contributed by atoms with Gasteiger partial charge in [-0.25, -0.2) is 9.78 Å². The van der Waals surface area contributed by atoms with Gasteiger partial charge >= 0.3 is 5.97 Å². The standard InChI is InChI=1S/C14H16N2O2/c1-9(2)14-15-11-8-10(5-7-13(17)18)4-6-12(11)16(14)3/h4-9H,1-3H3,(H,17,18)/b7-5+. The first kappa shape index (κ1) is 12.4. The molecule has 2 rings (SSSR count). The number of carbonyl (C=O) groups is 1. The number of aliphatic carboxylic acids is 1. The molecule has 0 saturated carbocycles. The minimum atomic E-state index is -0.945. The van der Waals surface area contributed by atoms with Gasteiger partial charge in [0.15, 0.2) is 0 Å². The first-order valence-electron chi connectivity index (χ1n) is 5.86. The van der Waals surface area contributed by atoms with Gasteiger partial charge in [0, 0.05) is 19.0 Å². The monoisotopic (exact) mass is 244 g/mol. The highest BCUT2D eigenvalue weighted by Crippen LogP contribution is 2.21. The third-order valence-corrected chi connectivity index (χ3v) is 2.87. The lowest BCUT2D eigenvalue weighted by Gasteiger charge is -2.04. The Balaban J connectivity index is 2.49. The summed E-state index contributed by atoms with van der Waals surface area (Å²) in [6, 6.07) is 5.77. The Labute approximate surface area is 106 Å². The molecule has 94 valence electrons. The third-order valence-electron chi connectivity index (χ3n) is 2.87. The van der Waals surface area contributed by atoms with Crippen LogP contribution in [0.1, 0.15) is 31.2 Å². The lowest BCUT2D eigenvalue weighted by atomic mass is 10.2. The molecule has 0 saturated heterocycles. The predicted molar refractivity (Wildman–Crippen MR) is 71.5 cm³/mol. The van der Waals surface area contributed by atoms with Crippen LogP contribution in [0.5, 0.6) is 0 Å². The topological polar surface area (TPSA) is 55.1 Å². The zero-order valence-corrected chi connectivity index (χ0v) is 10.7. The Morgan fingerprint density at radius 2 is 2.17 bits per heavy atom. The number of carboxylic acids is 1. The van der Waals surface area contributed by atoms with E-state index >= 15 is 0 Å². The zero-order chi connectivity index (χ0) is 13.3. The fourth-order valence-electron chi connectivity index (χ4n) is 2.02. The summed E-state index contributed by atoms with van der Waals surface area (Å²) in [6.45, 7) is 4.21. The molecule has 0 fully saturated rings. The number of hydrogen-bond donors (Lipinski definition) is 1. The molecule has 0 bridgehead atoms. The van der Waals surface area contributed by atoms with Gasteiger partial charge in [0.25, 0.3) is 0 Å². The summed E-state index contributed by atoms with van der Waals surface area (Å²) < 4.78 is 2.07. The quantitative estimate of drug-likeness (QED) is 0.845. The van der Waals surface area contributed by atoms with E-state index in [1.807, 2.05) is 25.2 Å². The molecule has 0 amide bonds. The highest BCUT2D eigenvalue weighted by atomic mass is 16.4. The predicted octanol–water partition coefficient (Wildman–Crippen LogP) is 2.79. The van der Waals surface area contributed by atoms with Crippen molar-refractivity contribution < 1.29 is 9.90 Å². The van der Waals surface area contributed by atoms with E-state index < -0.39 is 5.97 Å². The van der Waals surface area contributed by atoms with E-state index in [0.717, 1.165) is 28.5 Å². The Bertz CT molecular complexity index is 624. The number of imidazole rings is 1.